The van der Waals surface area contributed by atoms with Gasteiger partial charge < -0.3 is 10.0 Å². The molecule has 0 bridgehead atoms. The molecule has 36 heavy (non-hydrogen) atoms. The van der Waals surface area contributed by atoms with Gasteiger partial charge in [-0.25, -0.2) is 4.79 Å². The molecule has 6 rings (SSSR count). The fourth-order valence-electron chi connectivity index (χ4n) is 4.59. The molecule has 0 atom stereocenters. The van der Waals surface area contributed by atoms with Crippen LogP contribution in [0.25, 0.3) is 15.8 Å². The van der Waals surface area contributed by atoms with Gasteiger partial charge in [-0.2, -0.15) is 10.1 Å². The summed E-state index contributed by atoms with van der Waals surface area (Å²) in [7, 11) is 0. The van der Waals surface area contributed by atoms with Gasteiger partial charge in [0.25, 0.3) is 5.91 Å². The Labute approximate surface area is 216 Å². The summed E-state index contributed by atoms with van der Waals surface area (Å²) in [5, 5.41) is 17.8. The van der Waals surface area contributed by atoms with Crippen LogP contribution < -0.4 is 9.91 Å². The fraction of sp³-hybridized carbons (Fsp3) is 0.107. The first-order valence-electron chi connectivity index (χ1n) is 11.6. The number of hydrogen-bond donors (Lipinski definition) is 1. The minimum absolute atomic E-state index is 0.0873. The number of aryl methyl sites for hydroxylation is 1. The highest BCUT2D eigenvalue weighted by Gasteiger charge is 2.36. The van der Waals surface area contributed by atoms with Crippen LogP contribution in [0.4, 0.5) is 16.4 Å². The topological polar surface area (TPSA) is 73.2 Å². The van der Waals surface area contributed by atoms with E-state index in [0.717, 1.165) is 46.1 Å². The molecule has 1 N–H and O–H groups in total. The Morgan fingerprint density at radius 1 is 1.00 bits per heavy atom. The van der Waals surface area contributed by atoms with Crippen LogP contribution in [0.3, 0.4) is 0 Å². The molecule has 4 heterocycles. The normalized spacial score (nSPS) is 16.4. The average molecular weight is 512 g/mol. The van der Waals surface area contributed by atoms with Crippen LogP contribution in [-0.2, 0) is 16.0 Å². The minimum Gasteiger partial charge on any atom is -0.476 e. The summed E-state index contributed by atoms with van der Waals surface area (Å²) in [5.41, 5.74) is 4.09. The molecule has 4 aromatic rings. The third-order valence-corrected chi connectivity index (χ3v) is 8.37. The van der Waals surface area contributed by atoms with E-state index < -0.39 is 11.9 Å². The van der Waals surface area contributed by atoms with Crippen LogP contribution >= 0.6 is 22.7 Å². The zero-order valence-electron chi connectivity index (χ0n) is 19.1. The van der Waals surface area contributed by atoms with Crippen molar-refractivity contribution in [2.24, 2.45) is 5.10 Å². The first-order chi connectivity index (χ1) is 17.6. The summed E-state index contributed by atoms with van der Waals surface area (Å²) in [4.78, 5) is 29.7. The minimum atomic E-state index is -1.22. The molecule has 0 unspecified atom stereocenters. The number of amides is 1. The molecule has 0 spiro atoms. The van der Waals surface area contributed by atoms with E-state index in [1.807, 2.05) is 53.9 Å². The molecular weight excluding hydrogens is 490 g/mol. The number of benzene rings is 2. The van der Waals surface area contributed by atoms with Gasteiger partial charge in [0.15, 0.2) is 5.71 Å². The zero-order chi connectivity index (χ0) is 24.6. The van der Waals surface area contributed by atoms with Crippen LogP contribution in [0, 0.1) is 0 Å². The number of carboxylic acid groups (broad SMARTS) is 1. The molecule has 0 saturated carbocycles. The van der Waals surface area contributed by atoms with Crippen LogP contribution in [0.5, 0.6) is 0 Å². The summed E-state index contributed by atoms with van der Waals surface area (Å²) in [5.74, 6) is -1.66. The van der Waals surface area contributed by atoms with Gasteiger partial charge >= 0.3 is 5.97 Å². The number of hydrazone groups is 1. The van der Waals surface area contributed by atoms with Gasteiger partial charge in [-0.15, -0.1) is 22.7 Å². The number of thiophene rings is 2. The predicted octanol–water partition coefficient (Wildman–Crippen LogP) is 6.43. The molecular formula is C28H21N3O3S2. The molecule has 0 fully saturated rings. The van der Waals surface area contributed by atoms with Crippen molar-refractivity contribution >= 4 is 62.7 Å². The molecule has 178 valence electrons. The van der Waals surface area contributed by atoms with E-state index in [1.54, 1.807) is 23.5 Å². The molecule has 2 aliphatic heterocycles. The zero-order valence-corrected chi connectivity index (χ0v) is 20.8. The Morgan fingerprint density at radius 3 is 2.64 bits per heavy atom. The average Bonchev–Trinajstić information content (AvgIpc) is 3.65. The Morgan fingerprint density at radius 2 is 1.86 bits per heavy atom. The van der Waals surface area contributed by atoms with Gasteiger partial charge in [0.2, 0.25) is 0 Å². The highest BCUT2D eigenvalue weighted by atomic mass is 32.1. The summed E-state index contributed by atoms with van der Waals surface area (Å²) in [6.45, 7) is 0.939. The summed E-state index contributed by atoms with van der Waals surface area (Å²) >= 11 is 3.03. The maximum Gasteiger partial charge on any atom is 0.357 e. The Hall–Kier alpha value is -4.01. The van der Waals surface area contributed by atoms with E-state index in [9.17, 15) is 14.7 Å². The lowest BCUT2D eigenvalue weighted by molar-refractivity contribution is -0.129. The maximum absolute atomic E-state index is 13.3. The number of carbonyl (C=O) groups excluding carboxylic acids is 1. The molecule has 6 nitrogen and oxygen atoms in total. The van der Waals surface area contributed by atoms with Crippen molar-refractivity contribution < 1.29 is 14.7 Å². The first-order valence-corrected chi connectivity index (χ1v) is 13.3. The van der Waals surface area contributed by atoms with Gasteiger partial charge in [0.1, 0.15) is 5.00 Å². The Bertz CT molecular complexity index is 1520. The molecule has 0 saturated heterocycles. The van der Waals surface area contributed by atoms with Gasteiger partial charge in [-0.1, -0.05) is 30.3 Å². The number of hydrogen-bond acceptors (Lipinski definition) is 6. The first kappa shape index (κ1) is 22.5. The van der Waals surface area contributed by atoms with Crippen molar-refractivity contribution in [1.29, 1.82) is 0 Å². The quantitative estimate of drug-likeness (QED) is 0.313. The third kappa shape index (κ3) is 4.04. The number of anilines is 3. The molecule has 8 heteroatoms. The molecule has 0 aliphatic carbocycles. The van der Waals surface area contributed by atoms with Crippen LogP contribution in [0.2, 0.25) is 0 Å². The van der Waals surface area contributed by atoms with Gasteiger partial charge in [-0.3, -0.25) is 4.79 Å². The van der Waals surface area contributed by atoms with Gasteiger partial charge in [0.05, 0.1) is 5.57 Å². The molecule has 1 amide bonds. The number of nitrogens with zero attached hydrogens (tertiary/aromatic N) is 3. The molecule has 2 aromatic heterocycles. The van der Waals surface area contributed by atoms with Crippen molar-refractivity contribution in [3.8, 4) is 9.75 Å². The number of para-hydroxylation sites is 1. The standard InChI is InChI=1S/C28H21N3O3S2/c32-27-21(26(28(33)34)29-31(27)25-13-12-24(36-25)23-9-5-15-35-23)17-18-10-11-22-19(16-18)6-4-14-30(22)20-7-2-1-3-8-20/h1-3,5,7-13,15-17H,4,6,14H2,(H,33,34)/b21-17-. The van der Waals surface area contributed by atoms with Crippen molar-refractivity contribution in [3.05, 3.63) is 94.9 Å². The van der Waals surface area contributed by atoms with Crippen molar-refractivity contribution in [2.75, 3.05) is 16.5 Å². The lowest BCUT2D eigenvalue weighted by atomic mass is 9.97. The van der Waals surface area contributed by atoms with Crippen LogP contribution in [0.15, 0.2) is 88.9 Å². The maximum atomic E-state index is 13.3. The van der Waals surface area contributed by atoms with Crippen molar-refractivity contribution in [1.82, 2.24) is 0 Å². The summed E-state index contributed by atoms with van der Waals surface area (Å²) in [6, 6.07) is 24.0. The SMILES string of the molecule is O=C(O)C1=NN(c2ccc(-c3cccs3)s2)C(=O)/C1=C\c1ccc2c(c1)CCCN2c1ccccc1. The second-order valence-electron chi connectivity index (χ2n) is 8.52. The van der Waals surface area contributed by atoms with Crippen LogP contribution in [-0.4, -0.2) is 29.2 Å². The van der Waals surface area contributed by atoms with E-state index >= 15 is 0 Å². The molecule has 2 aliphatic rings. The van der Waals surface area contributed by atoms with E-state index in [-0.39, 0.29) is 11.3 Å². The van der Waals surface area contributed by atoms with E-state index in [0.29, 0.717) is 5.00 Å². The van der Waals surface area contributed by atoms with Crippen molar-refractivity contribution in [3.63, 3.8) is 0 Å². The number of fused-ring (bicyclic) bond motifs is 1. The lowest BCUT2D eigenvalue weighted by Gasteiger charge is -2.31. The monoisotopic (exact) mass is 511 g/mol. The number of rotatable bonds is 5. The van der Waals surface area contributed by atoms with E-state index in [4.69, 9.17) is 0 Å². The van der Waals surface area contributed by atoms with Crippen LogP contribution in [0.1, 0.15) is 17.5 Å². The summed E-state index contributed by atoms with van der Waals surface area (Å²) < 4.78 is 0. The fourth-order valence-corrected chi connectivity index (χ4v) is 6.39. The van der Waals surface area contributed by atoms with Gasteiger partial charge in [-0.05, 0) is 77.9 Å². The Balaban J connectivity index is 1.32. The number of carboxylic acids is 1. The second-order valence-corrected chi connectivity index (χ2v) is 10.5. The Kier molecular flexibility index (Phi) is 5.75. The number of aliphatic carboxylic acids is 1. The molecule has 0 radical (unpaired) electrons. The smallest absolute Gasteiger partial charge is 0.357 e. The predicted molar refractivity (Wildman–Crippen MR) is 146 cm³/mol. The van der Waals surface area contributed by atoms with E-state index in [2.05, 4.69) is 28.2 Å². The lowest BCUT2D eigenvalue weighted by Crippen LogP contribution is -2.24. The second kappa shape index (κ2) is 9.22. The highest BCUT2D eigenvalue weighted by Crippen LogP contribution is 2.39. The van der Waals surface area contributed by atoms with E-state index in [1.165, 1.54) is 21.9 Å². The number of carbonyl (C=O) groups is 2. The largest absolute Gasteiger partial charge is 0.476 e. The molecule has 2 aromatic carbocycles. The third-order valence-electron chi connectivity index (χ3n) is 6.25. The van der Waals surface area contributed by atoms with Gasteiger partial charge in [0, 0.05) is 27.7 Å². The van der Waals surface area contributed by atoms with Crippen molar-refractivity contribution in [2.45, 2.75) is 12.8 Å². The highest BCUT2D eigenvalue weighted by molar-refractivity contribution is 7.23. The summed E-state index contributed by atoms with van der Waals surface area (Å²) in [6.07, 6.45) is 3.59.